The summed E-state index contributed by atoms with van der Waals surface area (Å²) in [4.78, 5) is 9.81. The second-order valence-corrected chi connectivity index (χ2v) is 0.939. The molecule has 0 N–H and O–H groups in total. The Labute approximate surface area is 54.3 Å². The third-order valence-corrected chi connectivity index (χ3v) is 0.414. The molecule has 0 amide bonds. The first-order valence-electron chi connectivity index (χ1n) is 2.52. The van der Waals surface area contributed by atoms with E-state index < -0.39 is 12.6 Å². The molecular formula is C6H11FO2. The maximum Gasteiger partial charge on any atom is 0.337 e. The van der Waals surface area contributed by atoms with Crippen molar-refractivity contribution in [3.05, 3.63) is 13.2 Å². The number of carbonyl (C=O) groups excluding carboxylic acids is 1. The van der Waals surface area contributed by atoms with Crippen LogP contribution in [0.1, 0.15) is 6.92 Å². The van der Waals surface area contributed by atoms with E-state index in [0.717, 1.165) is 0 Å². The molecule has 0 aromatic rings. The molecule has 0 spiro atoms. The summed E-state index contributed by atoms with van der Waals surface area (Å²) < 4.78 is 15.3. The average Bonchev–Trinajstić information content (AvgIpc) is 1.93. The topological polar surface area (TPSA) is 26.3 Å². The monoisotopic (exact) mass is 134 g/mol. The molecule has 2 nitrogen and oxygen atoms in total. The number of rotatable bonds is 2. The van der Waals surface area contributed by atoms with Gasteiger partial charge in [0.1, 0.15) is 0 Å². The van der Waals surface area contributed by atoms with E-state index >= 15 is 0 Å². The third kappa shape index (κ3) is 11.0. The number of esters is 1. The maximum absolute atomic E-state index is 11.1. The van der Waals surface area contributed by atoms with Crippen molar-refractivity contribution in [2.24, 2.45) is 0 Å². The van der Waals surface area contributed by atoms with Gasteiger partial charge in [0.05, 0.1) is 6.61 Å². The van der Waals surface area contributed by atoms with E-state index in [4.69, 9.17) is 0 Å². The van der Waals surface area contributed by atoms with Crippen molar-refractivity contribution in [2.45, 2.75) is 6.92 Å². The summed E-state index contributed by atoms with van der Waals surface area (Å²) in [7, 11) is 0. The molecule has 0 atom stereocenters. The van der Waals surface area contributed by atoms with Crippen LogP contribution in [0.3, 0.4) is 0 Å². The molecule has 9 heavy (non-hydrogen) atoms. The molecule has 0 saturated carbocycles. The van der Waals surface area contributed by atoms with E-state index in [1.54, 1.807) is 6.92 Å². The molecule has 0 aliphatic carbocycles. The van der Waals surface area contributed by atoms with Gasteiger partial charge in [0, 0.05) is 0 Å². The van der Waals surface area contributed by atoms with Gasteiger partial charge in [-0.05, 0) is 6.92 Å². The van der Waals surface area contributed by atoms with Crippen molar-refractivity contribution >= 4 is 5.97 Å². The van der Waals surface area contributed by atoms with Crippen LogP contribution in [0.15, 0.2) is 13.2 Å². The molecule has 0 saturated heterocycles. The Morgan fingerprint density at radius 1 is 1.67 bits per heavy atom. The molecule has 0 rings (SSSR count). The van der Waals surface area contributed by atoms with Gasteiger partial charge < -0.3 is 4.74 Å². The molecule has 0 aliphatic rings. The maximum atomic E-state index is 11.1. The van der Waals surface area contributed by atoms with Gasteiger partial charge in [0.2, 0.25) is 0 Å². The Balaban J connectivity index is 0. The van der Waals surface area contributed by atoms with Crippen molar-refractivity contribution in [1.82, 2.24) is 0 Å². The quantitative estimate of drug-likeness (QED) is 0.420. The number of hydrogen-bond donors (Lipinski definition) is 0. The fraction of sp³-hybridized carbons (Fsp3) is 0.500. The summed E-state index contributed by atoms with van der Waals surface area (Å²) in [5.41, 5.74) is 0. The van der Waals surface area contributed by atoms with Gasteiger partial charge in [-0.2, -0.15) is 0 Å². The number of alkyl halides is 1. The highest BCUT2D eigenvalue weighted by molar-refractivity contribution is 5.70. The van der Waals surface area contributed by atoms with Crippen LogP contribution >= 0.6 is 0 Å². The van der Waals surface area contributed by atoms with Crippen LogP contribution in [0.25, 0.3) is 0 Å². The van der Waals surface area contributed by atoms with Gasteiger partial charge in [0.15, 0.2) is 6.67 Å². The van der Waals surface area contributed by atoms with Crippen molar-refractivity contribution < 1.29 is 13.9 Å². The number of ether oxygens (including phenoxy) is 1. The lowest BCUT2D eigenvalue weighted by molar-refractivity contribution is -0.144. The molecule has 0 unspecified atom stereocenters. The van der Waals surface area contributed by atoms with E-state index in [9.17, 15) is 9.18 Å². The van der Waals surface area contributed by atoms with Crippen LogP contribution in [0.4, 0.5) is 4.39 Å². The lowest BCUT2D eigenvalue weighted by Gasteiger charge is -1.92. The zero-order chi connectivity index (χ0) is 7.70. The SMILES string of the molecule is C=C.CCOC(=O)CF. The molecule has 3 heteroatoms. The molecule has 0 aliphatic heterocycles. The molecule has 0 heterocycles. The number of carbonyl (C=O) groups is 1. The predicted molar refractivity (Wildman–Crippen MR) is 33.9 cm³/mol. The predicted octanol–water partition coefficient (Wildman–Crippen LogP) is 1.32. The zero-order valence-corrected chi connectivity index (χ0v) is 5.52. The van der Waals surface area contributed by atoms with Gasteiger partial charge in [0.25, 0.3) is 0 Å². The number of hydrogen-bond acceptors (Lipinski definition) is 2. The van der Waals surface area contributed by atoms with Gasteiger partial charge in [-0.25, -0.2) is 9.18 Å². The first kappa shape index (κ1) is 11.0. The van der Waals surface area contributed by atoms with Crippen LogP contribution in [-0.2, 0) is 9.53 Å². The minimum Gasteiger partial charge on any atom is -0.464 e. The van der Waals surface area contributed by atoms with Crippen LogP contribution < -0.4 is 0 Å². The summed E-state index contributed by atoms with van der Waals surface area (Å²) in [6.45, 7) is 6.87. The van der Waals surface area contributed by atoms with Gasteiger partial charge in [-0.1, -0.05) is 0 Å². The highest BCUT2D eigenvalue weighted by Crippen LogP contribution is 1.75. The first-order valence-corrected chi connectivity index (χ1v) is 2.52. The van der Waals surface area contributed by atoms with Gasteiger partial charge in [-0.3, -0.25) is 0 Å². The van der Waals surface area contributed by atoms with E-state index in [2.05, 4.69) is 17.9 Å². The van der Waals surface area contributed by atoms with E-state index in [1.807, 2.05) is 0 Å². The van der Waals surface area contributed by atoms with Crippen molar-refractivity contribution in [3.8, 4) is 0 Å². The first-order chi connectivity index (χ1) is 4.31. The fourth-order valence-corrected chi connectivity index (χ4v) is 0.200. The summed E-state index contributed by atoms with van der Waals surface area (Å²) in [6.07, 6.45) is 0. The summed E-state index contributed by atoms with van der Waals surface area (Å²) in [6, 6.07) is 0. The van der Waals surface area contributed by atoms with Gasteiger partial charge in [-0.15, -0.1) is 13.2 Å². The molecule has 0 radical (unpaired) electrons. The van der Waals surface area contributed by atoms with E-state index in [1.165, 1.54) is 0 Å². The Morgan fingerprint density at radius 3 is 2.22 bits per heavy atom. The Bertz CT molecular complexity index is 73.5. The molecule has 0 aromatic heterocycles. The van der Waals surface area contributed by atoms with Crippen molar-refractivity contribution in [1.29, 1.82) is 0 Å². The molecule has 0 fully saturated rings. The highest BCUT2D eigenvalue weighted by Gasteiger charge is 1.94. The van der Waals surface area contributed by atoms with Gasteiger partial charge >= 0.3 is 5.97 Å². The average molecular weight is 134 g/mol. The minimum absolute atomic E-state index is 0.253. The number of halogens is 1. The summed E-state index contributed by atoms with van der Waals surface area (Å²) in [5.74, 6) is -0.789. The lowest BCUT2D eigenvalue weighted by atomic mass is 10.7. The minimum atomic E-state index is -1.02. The third-order valence-electron chi connectivity index (χ3n) is 0.414. The van der Waals surface area contributed by atoms with Crippen molar-refractivity contribution in [2.75, 3.05) is 13.3 Å². The summed E-state index contributed by atoms with van der Waals surface area (Å²) >= 11 is 0. The smallest absolute Gasteiger partial charge is 0.337 e. The summed E-state index contributed by atoms with van der Waals surface area (Å²) in [5, 5.41) is 0. The second-order valence-electron chi connectivity index (χ2n) is 0.939. The Hall–Kier alpha value is -0.860. The van der Waals surface area contributed by atoms with E-state index in [-0.39, 0.29) is 6.61 Å². The van der Waals surface area contributed by atoms with E-state index in [0.29, 0.717) is 0 Å². The molecule has 0 bridgehead atoms. The van der Waals surface area contributed by atoms with Crippen LogP contribution in [0, 0.1) is 0 Å². The lowest BCUT2D eigenvalue weighted by Crippen LogP contribution is -2.04. The van der Waals surface area contributed by atoms with Crippen LogP contribution in [0.5, 0.6) is 0 Å². The standard InChI is InChI=1S/C4H7FO2.C2H4/c1-2-7-4(6)3-5;1-2/h2-3H2,1H3;1-2H2. The molecule has 0 aromatic carbocycles. The van der Waals surface area contributed by atoms with Crippen LogP contribution in [-0.4, -0.2) is 19.3 Å². The normalized spacial score (nSPS) is 6.89. The Morgan fingerprint density at radius 2 is 2.11 bits per heavy atom. The molecule has 54 valence electrons. The van der Waals surface area contributed by atoms with Crippen LogP contribution in [0.2, 0.25) is 0 Å². The Kier molecular flexibility index (Phi) is 12.5. The van der Waals surface area contributed by atoms with Crippen molar-refractivity contribution in [3.63, 3.8) is 0 Å². The molecular weight excluding hydrogens is 123 g/mol. The largest absolute Gasteiger partial charge is 0.464 e. The zero-order valence-electron chi connectivity index (χ0n) is 5.52. The highest BCUT2D eigenvalue weighted by atomic mass is 19.1. The second kappa shape index (κ2) is 10.2. The fourth-order valence-electron chi connectivity index (χ4n) is 0.200.